The van der Waals surface area contributed by atoms with Gasteiger partial charge in [-0.3, -0.25) is 4.90 Å². The minimum absolute atomic E-state index is 0.521. The first-order valence-corrected chi connectivity index (χ1v) is 5.73. The summed E-state index contributed by atoms with van der Waals surface area (Å²) < 4.78 is 0. The fourth-order valence-electron chi connectivity index (χ4n) is 1.88. The molecule has 1 N–H and O–H groups in total. The van der Waals surface area contributed by atoms with Gasteiger partial charge in [0.1, 0.15) is 5.82 Å². The lowest BCUT2D eigenvalue weighted by Gasteiger charge is -2.25. The highest BCUT2D eigenvalue weighted by molar-refractivity contribution is 6.16. The predicted molar refractivity (Wildman–Crippen MR) is 57.3 cm³/mol. The van der Waals surface area contributed by atoms with Gasteiger partial charge in [-0.2, -0.15) is 0 Å². The van der Waals surface area contributed by atoms with Crippen molar-refractivity contribution in [1.82, 2.24) is 14.9 Å². The van der Waals surface area contributed by atoms with Gasteiger partial charge in [0.15, 0.2) is 0 Å². The third-order valence-electron chi connectivity index (χ3n) is 2.65. The van der Waals surface area contributed by atoms with Gasteiger partial charge in [-0.15, -0.1) is 11.6 Å². The average molecular weight is 214 g/mol. The zero-order valence-corrected chi connectivity index (χ0v) is 9.06. The Morgan fingerprint density at radius 3 is 2.79 bits per heavy atom. The van der Waals surface area contributed by atoms with E-state index in [1.165, 1.54) is 32.4 Å². The van der Waals surface area contributed by atoms with Crippen LogP contribution in [0.2, 0.25) is 0 Å². The number of alkyl halides is 1. The van der Waals surface area contributed by atoms with Crippen molar-refractivity contribution in [3.05, 3.63) is 17.7 Å². The molecule has 78 valence electrons. The topological polar surface area (TPSA) is 31.9 Å². The molecule has 0 unspecified atom stereocenters. The number of aromatic amines is 1. The summed E-state index contributed by atoms with van der Waals surface area (Å²) in [5.74, 6) is 1.56. The smallest absolute Gasteiger partial charge is 0.120 e. The number of aromatic nitrogens is 2. The second-order valence-electron chi connectivity index (χ2n) is 3.83. The van der Waals surface area contributed by atoms with E-state index in [4.69, 9.17) is 11.6 Å². The molecule has 0 aliphatic carbocycles. The molecule has 1 aliphatic rings. The molecule has 0 spiro atoms. The number of hydrogen-bond donors (Lipinski definition) is 1. The number of imidazole rings is 1. The highest BCUT2D eigenvalue weighted by Crippen LogP contribution is 2.11. The van der Waals surface area contributed by atoms with Crippen molar-refractivity contribution in [2.75, 3.05) is 13.1 Å². The second-order valence-corrected chi connectivity index (χ2v) is 4.09. The van der Waals surface area contributed by atoms with Crippen molar-refractivity contribution in [3.8, 4) is 0 Å². The van der Waals surface area contributed by atoms with E-state index >= 15 is 0 Å². The van der Waals surface area contributed by atoms with E-state index < -0.39 is 0 Å². The Balaban J connectivity index is 1.89. The largest absolute Gasteiger partial charge is 0.344 e. The summed E-state index contributed by atoms with van der Waals surface area (Å²) in [6.45, 7) is 3.35. The lowest BCUT2D eigenvalue weighted by atomic mass is 10.1. The van der Waals surface area contributed by atoms with E-state index in [9.17, 15) is 0 Å². The van der Waals surface area contributed by atoms with Gasteiger partial charge in [0.05, 0.1) is 12.4 Å². The molecule has 1 saturated heterocycles. The Hall–Kier alpha value is -0.540. The van der Waals surface area contributed by atoms with Gasteiger partial charge in [-0.1, -0.05) is 6.42 Å². The molecule has 0 saturated carbocycles. The standard InChI is InChI=1S/C10H16ClN3/c11-6-9-7-12-10(13-9)8-14-4-2-1-3-5-14/h7H,1-6,8H2,(H,12,13). The number of rotatable bonds is 3. The van der Waals surface area contributed by atoms with Crippen LogP contribution in [0.3, 0.4) is 0 Å². The first kappa shape index (κ1) is 9.99. The third kappa shape index (κ3) is 2.49. The molecule has 1 fully saturated rings. The van der Waals surface area contributed by atoms with Crippen molar-refractivity contribution >= 4 is 11.6 Å². The lowest BCUT2D eigenvalue weighted by molar-refractivity contribution is 0.216. The summed E-state index contributed by atoms with van der Waals surface area (Å²) in [6.07, 6.45) is 5.85. The summed E-state index contributed by atoms with van der Waals surface area (Å²) in [7, 11) is 0. The number of piperidine rings is 1. The normalized spacial score (nSPS) is 18.6. The first-order chi connectivity index (χ1) is 6.88. The summed E-state index contributed by atoms with van der Waals surface area (Å²) >= 11 is 5.70. The maximum atomic E-state index is 5.70. The van der Waals surface area contributed by atoms with Crippen LogP contribution >= 0.6 is 11.6 Å². The zero-order chi connectivity index (χ0) is 9.80. The summed E-state index contributed by atoms with van der Waals surface area (Å²) in [4.78, 5) is 9.97. The molecule has 2 rings (SSSR count). The van der Waals surface area contributed by atoms with Crippen molar-refractivity contribution in [2.45, 2.75) is 31.7 Å². The fourth-order valence-corrected chi connectivity index (χ4v) is 2.02. The van der Waals surface area contributed by atoms with E-state index in [1.807, 2.05) is 6.20 Å². The molecular formula is C10H16ClN3. The molecule has 4 heteroatoms. The second kappa shape index (κ2) is 4.80. The lowest BCUT2D eigenvalue weighted by Crippen LogP contribution is -2.29. The van der Waals surface area contributed by atoms with Gasteiger partial charge in [0.2, 0.25) is 0 Å². The first-order valence-electron chi connectivity index (χ1n) is 5.19. The van der Waals surface area contributed by atoms with E-state index in [2.05, 4.69) is 14.9 Å². The van der Waals surface area contributed by atoms with Gasteiger partial charge < -0.3 is 4.98 Å². The van der Waals surface area contributed by atoms with Crippen molar-refractivity contribution in [2.24, 2.45) is 0 Å². The van der Waals surface area contributed by atoms with E-state index in [-0.39, 0.29) is 0 Å². The van der Waals surface area contributed by atoms with Gasteiger partial charge in [-0.05, 0) is 25.9 Å². The summed E-state index contributed by atoms with van der Waals surface area (Å²) in [6, 6.07) is 0. The fraction of sp³-hybridized carbons (Fsp3) is 0.700. The molecule has 2 heterocycles. The number of likely N-dealkylation sites (tertiary alicyclic amines) is 1. The van der Waals surface area contributed by atoms with Gasteiger partial charge in [-0.25, -0.2) is 4.98 Å². The predicted octanol–water partition coefficient (Wildman–Crippen LogP) is 2.13. The maximum Gasteiger partial charge on any atom is 0.120 e. The van der Waals surface area contributed by atoms with Crippen LogP contribution in [0.5, 0.6) is 0 Å². The van der Waals surface area contributed by atoms with Crippen molar-refractivity contribution < 1.29 is 0 Å². The SMILES string of the molecule is ClCc1cnc(CN2CCCCC2)[nH]1. The zero-order valence-electron chi connectivity index (χ0n) is 8.30. The molecule has 1 aromatic rings. The molecule has 0 bridgehead atoms. The van der Waals surface area contributed by atoms with Crippen LogP contribution in [0, 0.1) is 0 Å². The van der Waals surface area contributed by atoms with Crippen molar-refractivity contribution in [3.63, 3.8) is 0 Å². The van der Waals surface area contributed by atoms with Gasteiger partial charge >= 0.3 is 0 Å². The van der Waals surface area contributed by atoms with E-state index in [1.54, 1.807) is 0 Å². The molecule has 0 atom stereocenters. The molecule has 3 nitrogen and oxygen atoms in total. The van der Waals surface area contributed by atoms with Crippen LogP contribution in [-0.4, -0.2) is 28.0 Å². The maximum absolute atomic E-state index is 5.70. The highest BCUT2D eigenvalue weighted by atomic mass is 35.5. The summed E-state index contributed by atoms with van der Waals surface area (Å²) in [5.41, 5.74) is 1.01. The number of nitrogens with zero attached hydrogens (tertiary/aromatic N) is 2. The third-order valence-corrected chi connectivity index (χ3v) is 2.94. The van der Waals surface area contributed by atoms with Crippen LogP contribution in [0.15, 0.2) is 6.20 Å². The Labute approximate surface area is 89.5 Å². The van der Waals surface area contributed by atoms with Crippen molar-refractivity contribution in [1.29, 1.82) is 0 Å². The van der Waals surface area contributed by atoms with E-state index in [0.717, 1.165) is 18.1 Å². The Bertz CT molecular complexity index is 279. The molecule has 1 aromatic heterocycles. The van der Waals surface area contributed by atoms with Gasteiger partial charge in [0.25, 0.3) is 0 Å². The minimum atomic E-state index is 0.521. The monoisotopic (exact) mass is 213 g/mol. The number of halogens is 1. The Kier molecular flexibility index (Phi) is 3.43. The summed E-state index contributed by atoms with van der Waals surface area (Å²) in [5, 5.41) is 0. The number of hydrogen-bond acceptors (Lipinski definition) is 2. The molecule has 0 radical (unpaired) electrons. The van der Waals surface area contributed by atoms with Crippen LogP contribution in [0.1, 0.15) is 30.8 Å². The van der Waals surface area contributed by atoms with Crippen LogP contribution in [0.25, 0.3) is 0 Å². The van der Waals surface area contributed by atoms with E-state index in [0.29, 0.717) is 5.88 Å². The molecule has 1 aliphatic heterocycles. The molecule has 0 amide bonds. The molecular weight excluding hydrogens is 198 g/mol. The average Bonchev–Trinajstić information content (AvgIpc) is 2.67. The van der Waals surface area contributed by atoms with Crippen LogP contribution in [-0.2, 0) is 12.4 Å². The highest BCUT2D eigenvalue weighted by Gasteiger charge is 2.11. The molecule has 0 aromatic carbocycles. The molecule has 14 heavy (non-hydrogen) atoms. The number of nitrogens with one attached hydrogen (secondary N) is 1. The van der Waals surface area contributed by atoms with Crippen LogP contribution in [0.4, 0.5) is 0 Å². The quantitative estimate of drug-likeness (QED) is 0.781. The minimum Gasteiger partial charge on any atom is -0.344 e. The number of H-pyrrole nitrogens is 1. The van der Waals surface area contributed by atoms with Gasteiger partial charge in [0, 0.05) is 11.9 Å². The Morgan fingerprint density at radius 1 is 1.36 bits per heavy atom. The van der Waals surface area contributed by atoms with Crippen LogP contribution < -0.4 is 0 Å². The Morgan fingerprint density at radius 2 is 2.14 bits per heavy atom.